The molecule has 0 radical (unpaired) electrons. The van der Waals surface area contributed by atoms with Crippen molar-refractivity contribution in [2.45, 2.75) is 378 Å². The Morgan fingerprint density at radius 2 is 0.538 bits per heavy atom. The number of alkyl halides is 24. The SMILES string of the molecule is CC(C)(C(F)(F)F)C(F)(F)F.CC(C)C(C)C.CC(C)CCC(F)(F)F.CCC(C)(C)C.CCC(C)(C)C.CCC(C)CC.CCCC(C(F)(F)F)C(F)(F)F.CCCC(C)C.CCCCCC(F)(F)F.CCCCCCC(F)(F)F.CCCC[C@H](C)C(F)(F)F. The molecule has 0 aliphatic rings. The molecular weight excluding hydrogens is 1260 g/mol. The zero-order valence-corrected chi connectivity index (χ0v) is 61.2. The van der Waals surface area contributed by atoms with Crippen LogP contribution in [0.3, 0.4) is 0 Å². The molecule has 0 amide bonds. The molecule has 0 aromatic carbocycles. The normalized spacial score (nSPS) is 12.8. The minimum absolute atomic E-state index is 0.104. The van der Waals surface area contributed by atoms with E-state index in [0.29, 0.717) is 30.1 Å². The summed E-state index contributed by atoms with van der Waals surface area (Å²) in [6.45, 7) is 52.4. The largest absolute Gasteiger partial charge is 0.402 e. The van der Waals surface area contributed by atoms with Gasteiger partial charge < -0.3 is 0 Å². The highest BCUT2D eigenvalue weighted by Crippen LogP contribution is 2.49. The molecule has 0 nitrogen and oxygen atoms in total. The second-order valence-corrected chi connectivity index (χ2v) is 27.1. The summed E-state index contributed by atoms with van der Waals surface area (Å²) in [6.07, 6.45) is -25.0. The van der Waals surface area contributed by atoms with Crippen LogP contribution < -0.4 is 0 Å². The summed E-state index contributed by atoms with van der Waals surface area (Å²) in [5, 5.41) is 0. The minimum Gasteiger partial charge on any atom is -0.171 e. The van der Waals surface area contributed by atoms with E-state index in [1.807, 2.05) is 20.8 Å². The van der Waals surface area contributed by atoms with Gasteiger partial charge in [0.15, 0.2) is 11.3 Å². The van der Waals surface area contributed by atoms with Gasteiger partial charge in [-0.25, -0.2) is 0 Å². The molecule has 0 bridgehead atoms. The van der Waals surface area contributed by atoms with E-state index in [0.717, 1.165) is 49.4 Å². The number of hydrogen-bond donors (Lipinski definition) is 0. The molecule has 0 N–H and O–H groups in total. The van der Waals surface area contributed by atoms with E-state index in [1.165, 1.54) is 52.4 Å². The molecular formula is C67H132F24. The molecule has 24 heteroatoms. The molecule has 0 saturated carbocycles. The van der Waals surface area contributed by atoms with Crippen molar-refractivity contribution in [1.82, 2.24) is 0 Å². The standard InChI is InChI=1S/2C7H13F3.C6H8F6.2C6H11F3.5C6H14.C5H6F6/c1-3-4-5-6(2)7(8,9)10;1-2-3-4-5-6-7(8,9)10;1-2-3-4(5(7,8)9)6(10,11)12;1-5(2)3-4-6(7,8)9;1-2-3-4-5-6(7,8)9;2*1-5-6(2,3)4;1-5(2)6(3)4;1-4-5-6(2)3;1-4-6(3)5-2;1-3(2,4(6,7)8)5(9,10)11/h6H,3-5H2,1-2H3;2-6H2,1H3;4H,2-3H2,1H3;5H,3-4H2,1-2H3;2-5H2,1H3;2*5H2,1-4H3;5-6H,1-4H3;2*6H,4-5H2,1-3H3;1-2H3/t6-;;;;;;;;;;/m0........../s1. The number of rotatable bonds is 19. The molecule has 0 unspecified atom stereocenters. The zero-order valence-electron chi connectivity index (χ0n) is 61.2. The maximum atomic E-state index is 11.8. The molecule has 0 saturated heterocycles. The summed E-state index contributed by atoms with van der Waals surface area (Å²) < 4.78 is 278. The third-order valence-electron chi connectivity index (χ3n) is 13.4. The average Bonchev–Trinajstić information content (AvgIpc) is 1.37. The van der Waals surface area contributed by atoms with Gasteiger partial charge in [0.05, 0.1) is 5.92 Å². The molecule has 0 aliphatic heterocycles. The van der Waals surface area contributed by atoms with Gasteiger partial charge in [0.25, 0.3) is 0 Å². The van der Waals surface area contributed by atoms with Gasteiger partial charge in [0.2, 0.25) is 0 Å². The molecule has 0 rings (SSSR count). The van der Waals surface area contributed by atoms with Gasteiger partial charge in [-0.2, -0.15) is 105 Å². The fraction of sp³-hybridized carbons (Fsp3) is 1.00. The molecule has 0 aliphatic carbocycles. The lowest BCUT2D eigenvalue weighted by atomic mass is 9.92. The van der Waals surface area contributed by atoms with Crippen molar-refractivity contribution in [2.24, 2.45) is 57.7 Å². The lowest BCUT2D eigenvalue weighted by Crippen LogP contribution is -2.44. The van der Waals surface area contributed by atoms with Crippen LogP contribution in [-0.2, 0) is 0 Å². The van der Waals surface area contributed by atoms with Gasteiger partial charge in [-0.1, -0.05) is 263 Å². The summed E-state index contributed by atoms with van der Waals surface area (Å²) in [5.74, 6) is -0.621. The van der Waals surface area contributed by atoms with Crippen molar-refractivity contribution in [3.63, 3.8) is 0 Å². The molecule has 0 aromatic rings. The van der Waals surface area contributed by atoms with E-state index in [4.69, 9.17) is 0 Å². The predicted octanol–water partition coefficient (Wildman–Crippen LogP) is 31.7. The molecule has 0 aromatic heterocycles. The van der Waals surface area contributed by atoms with Gasteiger partial charge in [-0.15, -0.1) is 0 Å². The molecule has 568 valence electrons. The molecule has 91 heavy (non-hydrogen) atoms. The number of halogens is 24. The van der Waals surface area contributed by atoms with E-state index in [2.05, 4.69) is 125 Å². The van der Waals surface area contributed by atoms with Crippen molar-refractivity contribution in [1.29, 1.82) is 0 Å². The average molecular weight is 1390 g/mol. The van der Waals surface area contributed by atoms with Crippen molar-refractivity contribution >= 4 is 0 Å². The Balaban J connectivity index is -0.0000000867. The van der Waals surface area contributed by atoms with Crippen molar-refractivity contribution in [2.75, 3.05) is 0 Å². The van der Waals surface area contributed by atoms with Crippen LogP contribution in [0.4, 0.5) is 105 Å². The topological polar surface area (TPSA) is 0 Å². The third kappa shape index (κ3) is 110. The Hall–Kier alpha value is -1.68. The highest BCUT2D eigenvalue weighted by molar-refractivity contribution is 4.84. The summed E-state index contributed by atoms with van der Waals surface area (Å²) in [6, 6.07) is 0. The van der Waals surface area contributed by atoms with Gasteiger partial charge in [-0.3, -0.25) is 0 Å². The number of hydrogen-bond acceptors (Lipinski definition) is 0. The van der Waals surface area contributed by atoms with Crippen LogP contribution in [0.15, 0.2) is 0 Å². The second-order valence-electron chi connectivity index (χ2n) is 27.1. The maximum absolute atomic E-state index is 11.8. The number of unbranched alkanes of at least 4 members (excludes halogenated alkanes) is 6. The first-order valence-corrected chi connectivity index (χ1v) is 32.6. The monoisotopic (exact) mass is 1390 g/mol. The Kier molecular flexibility index (Phi) is 73.0. The smallest absolute Gasteiger partial charge is 0.171 e. The maximum Gasteiger partial charge on any atom is 0.402 e. The molecule has 1 atom stereocenters. The van der Waals surface area contributed by atoms with Crippen LogP contribution in [-0.4, -0.2) is 49.4 Å². The van der Waals surface area contributed by atoms with E-state index in [-0.39, 0.29) is 51.9 Å². The van der Waals surface area contributed by atoms with Crippen LogP contribution in [0.25, 0.3) is 0 Å². The van der Waals surface area contributed by atoms with Crippen molar-refractivity contribution in [3.8, 4) is 0 Å². The van der Waals surface area contributed by atoms with Gasteiger partial charge in [-0.05, 0) is 86.4 Å². The highest BCUT2D eigenvalue weighted by Gasteiger charge is 2.64. The van der Waals surface area contributed by atoms with Crippen molar-refractivity contribution in [3.05, 3.63) is 0 Å². The van der Waals surface area contributed by atoms with Crippen LogP contribution in [0.2, 0.25) is 0 Å². The summed E-state index contributed by atoms with van der Waals surface area (Å²) in [5.41, 5.74) is -2.54. The first kappa shape index (κ1) is 114. The van der Waals surface area contributed by atoms with Crippen LogP contribution in [0.1, 0.15) is 328 Å². The van der Waals surface area contributed by atoms with E-state index in [1.54, 1.807) is 13.8 Å². The second kappa shape index (κ2) is 58.5. The Morgan fingerprint density at radius 3 is 0.659 bits per heavy atom. The summed E-state index contributed by atoms with van der Waals surface area (Å²) in [7, 11) is 0. The first-order chi connectivity index (χ1) is 40.1. The van der Waals surface area contributed by atoms with Crippen LogP contribution >= 0.6 is 0 Å². The summed E-state index contributed by atoms with van der Waals surface area (Å²) in [4.78, 5) is 0. The molecule has 0 fully saturated rings. The van der Waals surface area contributed by atoms with Gasteiger partial charge in [0.1, 0.15) is 0 Å². The quantitative estimate of drug-likeness (QED) is 0.0893. The summed E-state index contributed by atoms with van der Waals surface area (Å²) >= 11 is 0. The zero-order chi connectivity index (χ0) is 76.1. The lowest BCUT2D eigenvalue weighted by Gasteiger charge is -2.29. The van der Waals surface area contributed by atoms with Crippen LogP contribution in [0, 0.1) is 57.7 Å². The highest BCUT2D eigenvalue weighted by atomic mass is 19.4. The fourth-order valence-electron chi connectivity index (χ4n) is 4.28. The third-order valence-corrected chi connectivity index (χ3v) is 13.4. The Bertz CT molecular complexity index is 1390. The minimum atomic E-state index is -5.24. The van der Waals surface area contributed by atoms with Crippen LogP contribution in [0.5, 0.6) is 0 Å². The fourth-order valence-corrected chi connectivity index (χ4v) is 4.28. The van der Waals surface area contributed by atoms with Gasteiger partial charge >= 0.3 is 49.4 Å². The first-order valence-electron chi connectivity index (χ1n) is 32.6. The lowest BCUT2D eigenvalue weighted by molar-refractivity contribution is -0.327. The predicted molar refractivity (Wildman–Crippen MR) is 335 cm³/mol. The van der Waals surface area contributed by atoms with E-state index >= 15 is 0 Å². The molecule has 0 heterocycles. The van der Waals surface area contributed by atoms with E-state index in [9.17, 15) is 105 Å². The Labute approximate surface area is 539 Å². The van der Waals surface area contributed by atoms with Gasteiger partial charge in [0, 0.05) is 19.3 Å². The molecule has 0 spiro atoms. The van der Waals surface area contributed by atoms with Crippen molar-refractivity contribution < 1.29 is 105 Å². The Morgan fingerprint density at radius 1 is 0.275 bits per heavy atom. The van der Waals surface area contributed by atoms with E-state index < -0.39 is 92.3 Å².